The SMILES string of the molecule is CC#CC12CCC1CNC2. The average molecular weight is 135 g/mol. The van der Waals surface area contributed by atoms with E-state index in [4.69, 9.17) is 0 Å². The first kappa shape index (κ1) is 6.24. The molecule has 1 heterocycles. The Bertz CT molecular complexity index is 199. The van der Waals surface area contributed by atoms with Crippen LogP contribution in [0.4, 0.5) is 0 Å². The molecule has 54 valence electrons. The summed E-state index contributed by atoms with van der Waals surface area (Å²) in [5.74, 6) is 7.26. The summed E-state index contributed by atoms with van der Waals surface area (Å²) in [6.45, 7) is 4.29. The molecule has 1 aliphatic heterocycles. The summed E-state index contributed by atoms with van der Waals surface area (Å²) >= 11 is 0. The van der Waals surface area contributed by atoms with Crippen LogP contribution in [0.15, 0.2) is 0 Å². The van der Waals surface area contributed by atoms with Crippen LogP contribution in [0.25, 0.3) is 0 Å². The van der Waals surface area contributed by atoms with Crippen molar-refractivity contribution in [3.63, 3.8) is 0 Å². The van der Waals surface area contributed by atoms with Crippen LogP contribution in [0.5, 0.6) is 0 Å². The lowest BCUT2D eigenvalue weighted by molar-refractivity contribution is 0.159. The molecular formula is C9H13N. The first-order chi connectivity index (χ1) is 4.87. The zero-order chi connectivity index (χ0) is 7.03. The zero-order valence-corrected chi connectivity index (χ0v) is 6.41. The van der Waals surface area contributed by atoms with Gasteiger partial charge in [-0.15, -0.1) is 5.92 Å². The van der Waals surface area contributed by atoms with E-state index in [2.05, 4.69) is 17.2 Å². The fraction of sp³-hybridized carbons (Fsp3) is 0.778. The Labute approximate surface area is 62.2 Å². The van der Waals surface area contributed by atoms with E-state index in [9.17, 15) is 0 Å². The Morgan fingerprint density at radius 2 is 2.50 bits per heavy atom. The molecule has 1 saturated carbocycles. The molecule has 1 aliphatic carbocycles. The normalized spacial score (nSPS) is 43.1. The molecule has 0 aromatic heterocycles. The van der Waals surface area contributed by atoms with Crippen molar-refractivity contribution in [3.8, 4) is 11.8 Å². The monoisotopic (exact) mass is 135 g/mol. The van der Waals surface area contributed by atoms with E-state index >= 15 is 0 Å². The second kappa shape index (κ2) is 2.00. The van der Waals surface area contributed by atoms with E-state index in [1.807, 2.05) is 6.92 Å². The standard InChI is InChI=1S/C9H13N/c1-2-4-9-5-3-8(9)6-10-7-9/h8,10H,3,5-7H2,1H3. The van der Waals surface area contributed by atoms with E-state index in [-0.39, 0.29) is 0 Å². The van der Waals surface area contributed by atoms with Crippen LogP contribution < -0.4 is 5.32 Å². The van der Waals surface area contributed by atoms with Gasteiger partial charge in [0.05, 0.1) is 0 Å². The van der Waals surface area contributed by atoms with Gasteiger partial charge in [0.15, 0.2) is 0 Å². The van der Waals surface area contributed by atoms with Crippen molar-refractivity contribution in [2.75, 3.05) is 13.1 Å². The zero-order valence-electron chi connectivity index (χ0n) is 6.41. The number of nitrogens with one attached hydrogen (secondary N) is 1. The smallest absolute Gasteiger partial charge is 0.0479 e. The van der Waals surface area contributed by atoms with Crippen LogP contribution >= 0.6 is 0 Å². The molecule has 2 aliphatic rings. The van der Waals surface area contributed by atoms with E-state index in [1.54, 1.807) is 0 Å². The molecule has 1 N–H and O–H groups in total. The maximum Gasteiger partial charge on any atom is 0.0479 e. The Kier molecular flexibility index (Phi) is 1.25. The van der Waals surface area contributed by atoms with Crippen molar-refractivity contribution in [1.82, 2.24) is 5.32 Å². The summed E-state index contributed by atoms with van der Waals surface area (Å²) in [4.78, 5) is 0. The van der Waals surface area contributed by atoms with Crippen molar-refractivity contribution in [3.05, 3.63) is 0 Å². The van der Waals surface area contributed by atoms with Crippen LogP contribution in [0.3, 0.4) is 0 Å². The van der Waals surface area contributed by atoms with Crippen LogP contribution in [-0.2, 0) is 0 Å². The highest BCUT2D eigenvalue weighted by Crippen LogP contribution is 2.48. The van der Waals surface area contributed by atoms with E-state index in [0.29, 0.717) is 5.41 Å². The van der Waals surface area contributed by atoms with Crippen LogP contribution in [0.1, 0.15) is 19.8 Å². The van der Waals surface area contributed by atoms with Gasteiger partial charge < -0.3 is 5.32 Å². The van der Waals surface area contributed by atoms with Crippen molar-refractivity contribution >= 4 is 0 Å². The number of fused-ring (bicyclic) bond motifs is 1. The largest absolute Gasteiger partial charge is 0.315 e. The van der Waals surface area contributed by atoms with E-state index < -0.39 is 0 Å². The average Bonchev–Trinajstić information content (AvgIpc) is 2.15. The van der Waals surface area contributed by atoms with Gasteiger partial charge in [-0.2, -0.15) is 0 Å². The Morgan fingerprint density at radius 1 is 1.60 bits per heavy atom. The molecule has 1 saturated heterocycles. The van der Waals surface area contributed by atoms with Gasteiger partial charge in [0.1, 0.15) is 0 Å². The summed E-state index contributed by atoms with van der Waals surface area (Å²) in [5, 5.41) is 3.41. The topological polar surface area (TPSA) is 12.0 Å². The summed E-state index contributed by atoms with van der Waals surface area (Å²) in [5.41, 5.74) is 0.411. The van der Waals surface area contributed by atoms with Gasteiger partial charge in [-0.05, 0) is 32.2 Å². The lowest BCUT2D eigenvalue weighted by Crippen LogP contribution is -2.37. The third kappa shape index (κ3) is 0.630. The highest BCUT2D eigenvalue weighted by Gasteiger charge is 2.48. The predicted octanol–water partition coefficient (Wildman–Crippen LogP) is 1.01. The molecule has 2 fully saturated rings. The number of rotatable bonds is 0. The van der Waals surface area contributed by atoms with E-state index in [0.717, 1.165) is 12.5 Å². The maximum atomic E-state index is 3.41. The molecule has 1 heteroatoms. The maximum absolute atomic E-state index is 3.41. The van der Waals surface area contributed by atoms with Crippen LogP contribution in [-0.4, -0.2) is 13.1 Å². The lowest BCUT2D eigenvalue weighted by atomic mass is 9.63. The summed E-state index contributed by atoms with van der Waals surface area (Å²) in [7, 11) is 0. The summed E-state index contributed by atoms with van der Waals surface area (Å²) in [6.07, 6.45) is 2.72. The van der Waals surface area contributed by atoms with Gasteiger partial charge >= 0.3 is 0 Å². The number of hydrogen-bond acceptors (Lipinski definition) is 1. The summed E-state index contributed by atoms with van der Waals surface area (Å²) in [6, 6.07) is 0. The van der Waals surface area contributed by atoms with Crippen molar-refractivity contribution in [2.45, 2.75) is 19.8 Å². The molecule has 0 spiro atoms. The van der Waals surface area contributed by atoms with Gasteiger partial charge in [-0.1, -0.05) is 5.92 Å². The van der Waals surface area contributed by atoms with Crippen molar-refractivity contribution in [2.24, 2.45) is 11.3 Å². The van der Waals surface area contributed by atoms with Gasteiger partial charge in [0.25, 0.3) is 0 Å². The summed E-state index contributed by atoms with van der Waals surface area (Å²) < 4.78 is 0. The second-order valence-corrected chi connectivity index (χ2v) is 3.40. The van der Waals surface area contributed by atoms with Crippen molar-refractivity contribution in [1.29, 1.82) is 0 Å². The predicted molar refractivity (Wildman–Crippen MR) is 41.5 cm³/mol. The molecule has 10 heavy (non-hydrogen) atoms. The molecule has 0 radical (unpaired) electrons. The fourth-order valence-electron chi connectivity index (χ4n) is 2.15. The van der Waals surface area contributed by atoms with Crippen LogP contribution in [0.2, 0.25) is 0 Å². The molecule has 0 aromatic carbocycles. The Morgan fingerprint density at radius 3 is 3.00 bits per heavy atom. The Balaban J connectivity index is 2.19. The quantitative estimate of drug-likeness (QED) is 0.489. The highest BCUT2D eigenvalue weighted by atomic mass is 15.0. The highest BCUT2D eigenvalue weighted by molar-refractivity contribution is 5.21. The molecule has 1 nitrogen and oxygen atoms in total. The van der Waals surface area contributed by atoms with Gasteiger partial charge in [-0.25, -0.2) is 0 Å². The molecular weight excluding hydrogens is 122 g/mol. The lowest BCUT2D eigenvalue weighted by Gasteiger charge is -2.39. The minimum atomic E-state index is 0.411. The Hall–Kier alpha value is -0.480. The second-order valence-electron chi connectivity index (χ2n) is 3.40. The van der Waals surface area contributed by atoms with E-state index in [1.165, 1.54) is 19.4 Å². The van der Waals surface area contributed by atoms with Crippen molar-refractivity contribution < 1.29 is 0 Å². The molecule has 0 bridgehead atoms. The minimum Gasteiger partial charge on any atom is -0.315 e. The molecule has 0 amide bonds. The van der Waals surface area contributed by atoms with Gasteiger partial charge in [0.2, 0.25) is 0 Å². The van der Waals surface area contributed by atoms with Crippen LogP contribution in [0, 0.1) is 23.2 Å². The number of hydrogen-bond donors (Lipinski definition) is 1. The first-order valence-corrected chi connectivity index (χ1v) is 4.02. The minimum absolute atomic E-state index is 0.411. The first-order valence-electron chi connectivity index (χ1n) is 4.02. The van der Waals surface area contributed by atoms with Gasteiger partial charge in [0, 0.05) is 12.0 Å². The molecule has 2 rings (SSSR count). The third-order valence-corrected chi connectivity index (χ3v) is 2.93. The fourth-order valence-corrected chi connectivity index (χ4v) is 2.15. The molecule has 2 atom stereocenters. The molecule has 0 aromatic rings. The molecule has 2 unspecified atom stereocenters. The van der Waals surface area contributed by atoms with Gasteiger partial charge in [-0.3, -0.25) is 0 Å². The third-order valence-electron chi connectivity index (χ3n) is 2.93.